The minimum absolute atomic E-state index is 0.0245. The molecule has 23 heavy (non-hydrogen) atoms. The number of carbonyl (C=O) groups is 1. The van der Waals surface area contributed by atoms with Gasteiger partial charge in [-0.25, -0.2) is 0 Å². The number of hydrogen-bond donors (Lipinski definition) is 2. The van der Waals surface area contributed by atoms with Crippen molar-refractivity contribution in [3.63, 3.8) is 0 Å². The third-order valence-corrected chi connectivity index (χ3v) is 4.14. The Labute approximate surface area is 136 Å². The van der Waals surface area contributed by atoms with Crippen molar-refractivity contribution in [1.82, 2.24) is 5.32 Å². The number of fused-ring (bicyclic) bond motifs is 1. The summed E-state index contributed by atoms with van der Waals surface area (Å²) in [5.74, 6) is 0.710. The Hall–Kier alpha value is -2.33. The molecule has 1 heterocycles. The van der Waals surface area contributed by atoms with E-state index in [0.29, 0.717) is 6.54 Å². The predicted molar refractivity (Wildman–Crippen MR) is 88.2 cm³/mol. The number of ether oxygens (including phenoxy) is 1. The van der Waals surface area contributed by atoms with E-state index >= 15 is 0 Å². The molecular weight excluding hydrogens is 290 g/mol. The fraction of sp³-hybridized carbons (Fsp3) is 0.316. The molecule has 1 aliphatic rings. The van der Waals surface area contributed by atoms with Gasteiger partial charge >= 0.3 is 0 Å². The van der Waals surface area contributed by atoms with Crippen LogP contribution in [0.15, 0.2) is 54.6 Å². The maximum atomic E-state index is 12.1. The van der Waals surface area contributed by atoms with Crippen LogP contribution in [0.2, 0.25) is 0 Å². The highest BCUT2D eigenvalue weighted by Crippen LogP contribution is 2.28. The van der Waals surface area contributed by atoms with Crippen molar-refractivity contribution in [1.29, 1.82) is 0 Å². The Morgan fingerprint density at radius 3 is 2.65 bits per heavy atom. The maximum absolute atomic E-state index is 12.1. The topological polar surface area (TPSA) is 58.6 Å². The van der Waals surface area contributed by atoms with Gasteiger partial charge in [-0.05, 0) is 24.1 Å². The van der Waals surface area contributed by atoms with Crippen LogP contribution in [0.3, 0.4) is 0 Å². The minimum Gasteiger partial charge on any atom is -0.488 e. The first-order valence-corrected chi connectivity index (χ1v) is 7.84. The molecule has 0 aliphatic carbocycles. The number of hydrogen-bond acceptors (Lipinski definition) is 3. The molecule has 0 saturated carbocycles. The van der Waals surface area contributed by atoms with Gasteiger partial charge in [0.1, 0.15) is 11.9 Å². The molecule has 2 atom stereocenters. The molecular formula is C19H21NO3. The van der Waals surface area contributed by atoms with Gasteiger partial charge in [0.15, 0.2) is 0 Å². The average Bonchev–Trinajstić information content (AvgIpc) is 2.96. The van der Waals surface area contributed by atoms with Gasteiger partial charge in [0, 0.05) is 6.42 Å². The van der Waals surface area contributed by atoms with Crippen LogP contribution >= 0.6 is 0 Å². The second-order valence-corrected chi connectivity index (χ2v) is 6.17. The van der Waals surface area contributed by atoms with Gasteiger partial charge in [-0.2, -0.15) is 0 Å². The summed E-state index contributed by atoms with van der Waals surface area (Å²) in [6, 6.07) is 17.1. The maximum Gasteiger partial charge on any atom is 0.223 e. The quantitative estimate of drug-likeness (QED) is 0.891. The monoisotopic (exact) mass is 311 g/mol. The van der Waals surface area contributed by atoms with Crippen molar-refractivity contribution in [2.45, 2.75) is 31.5 Å². The Bertz CT molecular complexity index is 657. The Morgan fingerprint density at radius 1 is 1.22 bits per heavy atom. The zero-order chi connectivity index (χ0) is 16.3. The first kappa shape index (κ1) is 15.6. The summed E-state index contributed by atoms with van der Waals surface area (Å²) < 4.78 is 5.79. The van der Waals surface area contributed by atoms with Crippen LogP contribution in [-0.4, -0.2) is 23.7 Å². The van der Waals surface area contributed by atoms with Gasteiger partial charge in [-0.3, -0.25) is 4.79 Å². The fourth-order valence-corrected chi connectivity index (χ4v) is 2.87. The van der Waals surface area contributed by atoms with Gasteiger partial charge < -0.3 is 15.2 Å². The van der Waals surface area contributed by atoms with Crippen molar-refractivity contribution in [3.05, 3.63) is 65.7 Å². The first-order chi connectivity index (χ1) is 11.0. The Kier molecular flexibility index (Phi) is 4.35. The lowest BCUT2D eigenvalue weighted by Crippen LogP contribution is -2.38. The van der Waals surface area contributed by atoms with Crippen molar-refractivity contribution in [3.8, 4) is 5.75 Å². The number of rotatable bonds is 5. The SMILES string of the molecule is CC(O)(CC(=O)NCC1Cc2ccccc2O1)c1ccccc1. The van der Waals surface area contributed by atoms with Crippen molar-refractivity contribution < 1.29 is 14.6 Å². The van der Waals surface area contributed by atoms with Crippen molar-refractivity contribution in [2.24, 2.45) is 0 Å². The smallest absolute Gasteiger partial charge is 0.223 e. The molecule has 0 saturated heterocycles. The van der Waals surface area contributed by atoms with E-state index in [-0.39, 0.29) is 18.4 Å². The van der Waals surface area contributed by atoms with Gasteiger partial charge in [-0.15, -0.1) is 0 Å². The lowest BCUT2D eigenvalue weighted by atomic mass is 9.92. The molecule has 2 aromatic rings. The van der Waals surface area contributed by atoms with E-state index < -0.39 is 5.60 Å². The summed E-state index contributed by atoms with van der Waals surface area (Å²) >= 11 is 0. The normalized spacial score (nSPS) is 18.6. The van der Waals surface area contributed by atoms with E-state index in [9.17, 15) is 9.90 Å². The van der Waals surface area contributed by atoms with Gasteiger partial charge in [0.2, 0.25) is 5.91 Å². The molecule has 0 spiro atoms. The molecule has 4 nitrogen and oxygen atoms in total. The highest BCUT2D eigenvalue weighted by atomic mass is 16.5. The number of amides is 1. The second-order valence-electron chi connectivity index (χ2n) is 6.17. The van der Waals surface area contributed by atoms with Gasteiger partial charge in [-0.1, -0.05) is 48.5 Å². The molecule has 3 rings (SSSR count). The fourth-order valence-electron chi connectivity index (χ4n) is 2.87. The predicted octanol–water partition coefficient (Wildman–Crippen LogP) is 2.40. The number of benzene rings is 2. The van der Waals surface area contributed by atoms with Crippen LogP contribution in [0.4, 0.5) is 0 Å². The van der Waals surface area contributed by atoms with E-state index in [2.05, 4.69) is 5.32 Å². The largest absolute Gasteiger partial charge is 0.488 e. The second kappa shape index (κ2) is 6.42. The summed E-state index contributed by atoms with van der Waals surface area (Å²) in [6.07, 6.45) is 0.778. The summed E-state index contributed by atoms with van der Waals surface area (Å²) in [5, 5.41) is 13.4. The lowest BCUT2D eigenvalue weighted by molar-refractivity contribution is -0.126. The Morgan fingerprint density at radius 2 is 1.91 bits per heavy atom. The highest BCUT2D eigenvalue weighted by Gasteiger charge is 2.28. The first-order valence-electron chi connectivity index (χ1n) is 7.84. The van der Waals surface area contributed by atoms with Crippen LogP contribution in [-0.2, 0) is 16.8 Å². The van der Waals surface area contributed by atoms with E-state index in [1.807, 2.05) is 54.6 Å². The highest BCUT2D eigenvalue weighted by molar-refractivity contribution is 5.77. The molecule has 2 unspecified atom stereocenters. The van der Waals surface area contributed by atoms with Crippen molar-refractivity contribution >= 4 is 5.91 Å². The van der Waals surface area contributed by atoms with Crippen molar-refractivity contribution in [2.75, 3.05) is 6.54 Å². The van der Waals surface area contributed by atoms with Crippen LogP contribution in [0.25, 0.3) is 0 Å². The average molecular weight is 311 g/mol. The molecule has 2 aromatic carbocycles. The summed E-state index contributed by atoms with van der Waals surface area (Å²) in [4.78, 5) is 12.1. The molecule has 2 N–H and O–H groups in total. The third-order valence-electron chi connectivity index (χ3n) is 4.14. The van der Waals surface area contributed by atoms with Gasteiger partial charge in [0.25, 0.3) is 0 Å². The molecule has 4 heteroatoms. The van der Waals surface area contributed by atoms with Crippen LogP contribution in [0.5, 0.6) is 5.75 Å². The summed E-state index contributed by atoms with van der Waals surface area (Å²) in [7, 11) is 0. The molecule has 0 bridgehead atoms. The summed E-state index contributed by atoms with van der Waals surface area (Å²) in [5.41, 5.74) is 0.730. The van der Waals surface area contributed by atoms with Crippen LogP contribution < -0.4 is 10.1 Å². The number of nitrogens with one attached hydrogen (secondary N) is 1. The Balaban J connectivity index is 1.51. The summed E-state index contributed by atoms with van der Waals surface area (Å²) in [6.45, 7) is 2.10. The molecule has 1 aliphatic heterocycles. The van der Waals surface area contributed by atoms with E-state index in [1.54, 1.807) is 6.92 Å². The third kappa shape index (κ3) is 3.71. The number of para-hydroxylation sites is 1. The molecule has 0 fully saturated rings. The molecule has 1 amide bonds. The van der Waals surface area contributed by atoms with E-state index in [1.165, 1.54) is 5.56 Å². The minimum atomic E-state index is -1.18. The molecule has 120 valence electrons. The standard InChI is InChI=1S/C19H21NO3/c1-19(22,15-8-3-2-4-9-15)12-18(21)20-13-16-11-14-7-5-6-10-17(14)23-16/h2-10,16,22H,11-13H2,1H3,(H,20,21). The number of aliphatic hydroxyl groups is 1. The lowest BCUT2D eigenvalue weighted by Gasteiger charge is -2.23. The van der Waals surface area contributed by atoms with E-state index in [4.69, 9.17) is 4.74 Å². The van der Waals surface area contributed by atoms with Gasteiger partial charge in [0.05, 0.1) is 18.6 Å². The zero-order valence-electron chi connectivity index (χ0n) is 13.2. The van der Waals surface area contributed by atoms with Crippen LogP contribution in [0, 0.1) is 0 Å². The zero-order valence-corrected chi connectivity index (χ0v) is 13.2. The molecule has 0 radical (unpaired) electrons. The van der Waals surface area contributed by atoms with Crippen LogP contribution in [0.1, 0.15) is 24.5 Å². The number of carbonyl (C=O) groups excluding carboxylic acids is 1. The van der Waals surface area contributed by atoms with E-state index in [0.717, 1.165) is 17.7 Å². The molecule has 0 aromatic heterocycles.